The highest BCUT2D eigenvalue weighted by Gasteiger charge is 2.32. The van der Waals surface area contributed by atoms with E-state index in [-0.39, 0.29) is 5.92 Å². The van der Waals surface area contributed by atoms with Gasteiger partial charge in [0.05, 0.1) is 5.56 Å². The van der Waals surface area contributed by atoms with Gasteiger partial charge in [0.2, 0.25) is 0 Å². The minimum absolute atomic E-state index is 0.188. The van der Waals surface area contributed by atoms with Crippen molar-refractivity contribution >= 4 is 0 Å². The second-order valence-electron chi connectivity index (χ2n) is 4.02. The van der Waals surface area contributed by atoms with Crippen LogP contribution in [0.15, 0.2) is 24.3 Å². The Labute approximate surface area is 93.7 Å². The molecule has 1 atom stereocenters. The van der Waals surface area contributed by atoms with E-state index < -0.39 is 11.7 Å². The molecule has 1 N–H and O–H groups in total. The van der Waals surface area contributed by atoms with Gasteiger partial charge < -0.3 is 5.32 Å². The Morgan fingerprint density at radius 2 is 1.88 bits per heavy atom. The van der Waals surface area contributed by atoms with Crippen LogP contribution < -0.4 is 5.32 Å². The predicted molar refractivity (Wildman–Crippen MR) is 58.2 cm³/mol. The smallest absolute Gasteiger partial charge is 0.319 e. The number of hydrogen-bond donors (Lipinski definition) is 1. The summed E-state index contributed by atoms with van der Waals surface area (Å²) in [7, 11) is 1.80. The highest BCUT2D eigenvalue weighted by atomic mass is 19.4. The second kappa shape index (κ2) is 5.34. The summed E-state index contributed by atoms with van der Waals surface area (Å²) >= 11 is 0. The van der Waals surface area contributed by atoms with Gasteiger partial charge in [-0.25, -0.2) is 0 Å². The quantitative estimate of drug-likeness (QED) is 0.839. The summed E-state index contributed by atoms with van der Waals surface area (Å²) in [5.74, 6) is 0.188. The van der Waals surface area contributed by atoms with Crippen molar-refractivity contribution < 1.29 is 13.2 Å². The van der Waals surface area contributed by atoms with Crippen molar-refractivity contribution in [2.75, 3.05) is 13.6 Å². The number of halogens is 3. The third-order valence-corrected chi connectivity index (χ3v) is 2.44. The van der Waals surface area contributed by atoms with Gasteiger partial charge in [-0.05, 0) is 37.6 Å². The molecule has 0 bridgehead atoms. The van der Waals surface area contributed by atoms with Gasteiger partial charge in [-0.1, -0.05) is 25.1 Å². The van der Waals surface area contributed by atoms with Crippen LogP contribution in [0.2, 0.25) is 0 Å². The van der Waals surface area contributed by atoms with Crippen LogP contribution in [0.3, 0.4) is 0 Å². The largest absolute Gasteiger partial charge is 0.416 e. The molecule has 0 amide bonds. The van der Waals surface area contributed by atoms with Crippen molar-refractivity contribution in [3.63, 3.8) is 0 Å². The monoisotopic (exact) mass is 231 g/mol. The second-order valence-corrected chi connectivity index (χ2v) is 4.02. The van der Waals surface area contributed by atoms with Gasteiger partial charge in [0, 0.05) is 0 Å². The molecule has 4 heteroatoms. The van der Waals surface area contributed by atoms with Gasteiger partial charge in [-0.15, -0.1) is 0 Å². The zero-order valence-electron chi connectivity index (χ0n) is 9.43. The first kappa shape index (κ1) is 13.0. The van der Waals surface area contributed by atoms with Crippen LogP contribution in [0.1, 0.15) is 18.1 Å². The molecule has 0 aliphatic heterocycles. The van der Waals surface area contributed by atoms with E-state index in [1.807, 2.05) is 6.92 Å². The van der Waals surface area contributed by atoms with Crippen LogP contribution in [-0.4, -0.2) is 13.6 Å². The summed E-state index contributed by atoms with van der Waals surface area (Å²) in [6.45, 7) is 2.65. The predicted octanol–water partition coefficient (Wildman–Crippen LogP) is 3.10. The van der Waals surface area contributed by atoms with E-state index in [4.69, 9.17) is 0 Å². The van der Waals surface area contributed by atoms with Gasteiger partial charge in [0.25, 0.3) is 0 Å². The van der Waals surface area contributed by atoms with Crippen LogP contribution in [0, 0.1) is 5.92 Å². The maximum atomic E-state index is 12.7. The van der Waals surface area contributed by atoms with E-state index in [0.29, 0.717) is 18.5 Å². The zero-order valence-corrected chi connectivity index (χ0v) is 9.43. The first-order valence-electron chi connectivity index (χ1n) is 5.25. The lowest BCUT2D eigenvalue weighted by molar-refractivity contribution is -0.138. The molecular weight excluding hydrogens is 215 g/mol. The standard InChI is InChI=1S/C12H16F3N/c1-9(8-16-2)7-10-5-3-4-6-11(10)12(13,14)15/h3-6,9,16H,7-8H2,1-2H3. The van der Waals surface area contributed by atoms with Crippen molar-refractivity contribution in [2.45, 2.75) is 19.5 Å². The van der Waals surface area contributed by atoms with Gasteiger partial charge >= 0.3 is 6.18 Å². The van der Waals surface area contributed by atoms with Crippen molar-refractivity contribution in [1.29, 1.82) is 0 Å². The molecule has 0 radical (unpaired) electrons. The number of alkyl halides is 3. The Kier molecular flexibility index (Phi) is 4.35. The molecule has 0 saturated carbocycles. The Balaban J connectivity index is 2.87. The maximum absolute atomic E-state index is 12.7. The van der Waals surface area contributed by atoms with Crippen LogP contribution in [-0.2, 0) is 12.6 Å². The summed E-state index contributed by atoms with van der Waals surface area (Å²) in [4.78, 5) is 0. The molecule has 0 saturated heterocycles. The first-order chi connectivity index (χ1) is 7.45. The summed E-state index contributed by atoms with van der Waals surface area (Å²) in [6.07, 6.45) is -3.81. The highest BCUT2D eigenvalue weighted by Crippen LogP contribution is 2.32. The van der Waals surface area contributed by atoms with E-state index in [1.54, 1.807) is 19.2 Å². The lowest BCUT2D eigenvalue weighted by Crippen LogP contribution is -2.19. The normalized spacial score (nSPS) is 13.8. The molecule has 0 aliphatic carbocycles. The first-order valence-corrected chi connectivity index (χ1v) is 5.25. The maximum Gasteiger partial charge on any atom is 0.416 e. The number of nitrogens with one attached hydrogen (secondary N) is 1. The fourth-order valence-electron chi connectivity index (χ4n) is 1.77. The number of rotatable bonds is 4. The fourth-order valence-corrected chi connectivity index (χ4v) is 1.77. The SMILES string of the molecule is CNCC(C)Cc1ccccc1C(F)(F)F. The molecule has 0 fully saturated rings. The van der Waals surface area contributed by atoms with E-state index in [9.17, 15) is 13.2 Å². The molecule has 0 spiro atoms. The van der Waals surface area contributed by atoms with Crippen molar-refractivity contribution in [3.05, 3.63) is 35.4 Å². The summed E-state index contributed by atoms with van der Waals surface area (Å²) < 4.78 is 38.0. The molecule has 1 unspecified atom stereocenters. The molecule has 1 nitrogen and oxygen atoms in total. The molecule has 0 heterocycles. The summed E-state index contributed by atoms with van der Waals surface area (Å²) in [6, 6.07) is 5.77. The molecular formula is C12H16F3N. The van der Waals surface area contributed by atoms with Crippen LogP contribution in [0.4, 0.5) is 13.2 Å². The zero-order chi connectivity index (χ0) is 12.2. The van der Waals surface area contributed by atoms with E-state index in [2.05, 4.69) is 5.32 Å². The Morgan fingerprint density at radius 3 is 2.44 bits per heavy atom. The van der Waals surface area contributed by atoms with Crippen molar-refractivity contribution in [3.8, 4) is 0 Å². The van der Waals surface area contributed by atoms with Gasteiger partial charge in [-0.2, -0.15) is 13.2 Å². The average Bonchev–Trinajstić information content (AvgIpc) is 2.17. The van der Waals surface area contributed by atoms with E-state index in [0.717, 1.165) is 6.07 Å². The number of benzene rings is 1. The number of hydrogen-bond acceptors (Lipinski definition) is 1. The highest BCUT2D eigenvalue weighted by molar-refractivity contribution is 5.29. The molecule has 0 aromatic heterocycles. The van der Waals surface area contributed by atoms with Gasteiger partial charge in [0.15, 0.2) is 0 Å². The molecule has 90 valence electrons. The van der Waals surface area contributed by atoms with Crippen LogP contribution in [0.25, 0.3) is 0 Å². The van der Waals surface area contributed by atoms with E-state index in [1.165, 1.54) is 6.07 Å². The van der Waals surface area contributed by atoms with Crippen molar-refractivity contribution in [2.24, 2.45) is 5.92 Å². The minimum Gasteiger partial charge on any atom is -0.319 e. The van der Waals surface area contributed by atoms with Crippen LogP contribution >= 0.6 is 0 Å². The molecule has 16 heavy (non-hydrogen) atoms. The van der Waals surface area contributed by atoms with Gasteiger partial charge in [-0.3, -0.25) is 0 Å². The lowest BCUT2D eigenvalue weighted by Gasteiger charge is -2.16. The third-order valence-electron chi connectivity index (χ3n) is 2.44. The Bertz CT molecular complexity index is 333. The Morgan fingerprint density at radius 1 is 1.25 bits per heavy atom. The lowest BCUT2D eigenvalue weighted by atomic mass is 9.96. The molecule has 0 aliphatic rings. The summed E-state index contributed by atoms with van der Waals surface area (Å²) in [5, 5.41) is 2.96. The molecule has 1 aromatic carbocycles. The molecule has 1 rings (SSSR count). The van der Waals surface area contributed by atoms with Crippen molar-refractivity contribution in [1.82, 2.24) is 5.32 Å². The summed E-state index contributed by atoms with van der Waals surface area (Å²) in [5.41, 5.74) is -0.143. The van der Waals surface area contributed by atoms with Gasteiger partial charge in [0.1, 0.15) is 0 Å². The topological polar surface area (TPSA) is 12.0 Å². The average molecular weight is 231 g/mol. The molecule has 1 aromatic rings. The fraction of sp³-hybridized carbons (Fsp3) is 0.500. The van der Waals surface area contributed by atoms with Crippen LogP contribution in [0.5, 0.6) is 0 Å². The minimum atomic E-state index is -4.25. The Hall–Kier alpha value is -1.03. The van der Waals surface area contributed by atoms with E-state index >= 15 is 0 Å². The third kappa shape index (κ3) is 3.52.